The molecule has 0 unspecified atom stereocenters. The van der Waals surface area contributed by atoms with Crippen molar-refractivity contribution in [3.8, 4) is 5.75 Å². The number of methoxy groups -OCH3 is 1. The second-order valence-electron chi connectivity index (χ2n) is 3.10. The van der Waals surface area contributed by atoms with Crippen LogP contribution >= 0.6 is 27.3 Å². The summed E-state index contributed by atoms with van der Waals surface area (Å²) >= 11 is 5.28. The Morgan fingerprint density at radius 2 is 2.21 bits per heavy atom. The molecule has 0 bridgehead atoms. The highest BCUT2D eigenvalue weighted by atomic mass is 79.9. The van der Waals surface area contributed by atoms with E-state index in [1.165, 1.54) is 15.6 Å². The van der Waals surface area contributed by atoms with Crippen LogP contribution in [0.5, 0.6) is 5.75 Å². The number of halogens is 1. The van der Waals surface area contributed by atoms with Crippen molar-refractivity contribution >= 4 is 37.4 Å². The molecule has 0 aliphatic heterocycles. The molecule has 0 radical (unpaired) electrons. The molecule has 74 valence electrons. The second-order valence-corrected chi connectivity index (χ2v) is 4.86. The minimum Gasteiger partial charge on any atom is -0.496 e. The number of hydrogen-bond donors (Lipinski definition) is 0. The molecule has 0 N–H and O–H groups in total. The summed E-state index contributed by atoms with van der Waals surface area (Å²) < 4.78 is 7.62. The monoisotopic (exact) mass is 270 g/mol. The predicted molar refractivity (Wildman–Crippen MR) is 65.5 cm³/mol. The van der Waals surface area contributed by atoms with Gasteiger partial charge in [-0.05, 0) is 50.8 Å². The van der Waals surface area contributed by atoms with Crippen molar-refractivity contribution in [1.29, 1.82) is 0 Å². The lowest BCUT2D eigenvalue weighted by Gasteiger charge is -2.03. The fraction of sp³-hybridized carbons (Fsp3) is 0.273. The molecule has 1 nitrogen and oxygen atoms in total. The standard InChI is InChI=1S/C11H11BrOS/c1-3-7-6-14-11-5-9(12)10(13-2)4-8(7)11/h4-6H,3H2,1-2H3. The third-order valence-electron chi connectivity index (χ3n) is 2.31. The highest BCUT2D eigenvalue weighted by Gasteiger charge is 2.07. The first kappa shape index (κ1) is 9.99. The average molecular weight is 271 g/mol. The van der Waals surface area contributed by atoms with E-state index in [2.05, 4.69) is 40.4 Å². The molecule has 0 saturated carbocycles. The van der Waals surface area contributed by atoms with Gasteiger partial charge in [-0.1, -0.05) is 6.92 Å². The first-order valence-electron chi connectivity index (χ1n) is 4.50. The molecule has 0 amide bonds. The van der Waals surface area contributed by atoms with Crippen LogP contribution < -0.4 is 4.74 Å². The Balaban J connectivity index is 2.70. The largest absolute Gasteiger partial charge is 0.496 e. The summed E-state index contributed by atoms with van der Waals surface area (Å²) in [7, 11) is 1.70. The van der Waals surface area contributed by atoms with Crippen LogP contribution in [0.25, 0.3) is 10.1 Å². The summed E-state index contributed by atoms with van der Waals surface area (Å²) in [5.74, 6) is 0.908. The van der Waals surface area contributed by atoms with Crippen LogP contribution in [-0.4, -0.2) is 7.11 Å². The van der Waals surface area contributed by atoms with Crippen LogP contribution in [0.3, 0.4) is 0 Å². The van der Waals surface area contributed by atoms with Gasteiger partial charge in [0.05, 0.1) is 11.6 Å². The zero-order valence-electron chi connectivity index (χ0n) is 8.13. The molecule has 0 saturated heterocycles. The van der Waals surface area contributed by atoms with Gasteiger partial charge in [-0.25, -0.2) is 0 Å². The Bertz CT molecular complexity index is 462. The number of rotatable bonds is 2. The van der Waals surface area contributed by atoms with E-state index < -0.39 is 0 Å². The topological polar surface area (TPSA) is 9.23 Å². The van der Waals surface area contributed by atoms with Crippen LogP contribution in [-0.2, 0) is 6.42 Å². The number of hydrogen-bond acceptors (Lipinski definition) is 2. The fourth-order valence-corrected chi connectivity index (χ4v) is 3.23. The van der Waals surface area contributed by atoms with Gasteiger partial charge in [0.2, 0.25) is 0 Å². The Morgan fingerprint density at radius 3 is 2.86 bits per heavy atom. The molecule has 0 aliphatic carbocycles. The van der Waals surface area contributed by atoms with E-state index in [9.17, 15) is 0 Å². The molecular weight excluding hydrogens is 260 g/mol. The maximum absolute atomic E-state index is 5.28. The quantitative estimate of drug-likeness (QED) is 0.794. The minimum atomic E-state index is 0.908. The zero-order chi connectivity index (χ0) is 10.1. The third-order valence-corrected chi connectivity index (χ3v) is 3.92. The van der Waals surface area contributed by atoms with Gasteiger partial charge in [0.1, 0.15) is 5.75 Å². The minimum absolute atomic E-state index is 0.908. The first-order valence-corrected chi connectivity index (χ1v) is 6.17. The van der Waals surface area contributed by atoms with Crippen molar-refractivity contribution in [3.05, 3.63) is 27.5 Å². The third kappa shape index (κ3) is 1.55. The maximum Gasteiger partial charge on any atom is 0.133 e. The van der Waals surface area contributed by atoms with Gasteiger partial charge < -0.3 is 4.74 Å². The van der Waals surface area contributed by atoms with Gasteiger partial charge in [0, 0.05) is 4.70 Å². The molecule has 0 fully saturated rings. The Hall–Kier alpha value is -0.540. The normalized spacial score (nSPS) is 10.8. The molecule has 0 spiro atoms. The molecule has 1 heterocycles. The lowest BCUT2D eigenvalue weighted by Crippen LogP contribution is -1.84. The Kier molecular flexibility index (Phi) is 2.79. The van der Waals surface area contributed by atoms with Crippen molar-refractivity contribution in [2.45, 2.75) is 13.3 Å². The van der Waals surface area contributed by atoms with Crippen LogP contribution in [0.1, 0.15) is 12.5 Å². The predicted octanol–water partition coefficient (Wildman–Crippen LogP) is 4.23. The lowest BCUT2D eigenvalue weighted by atomic mass is 10.1. The molecule has 0 atom stereocenters. The molecule has 2 aromatic rings. The van der Waals surface area contributed by atoms with Gasteiger partial charge in [0.15, 0.2) is 0 Å². The summed E-state index contributed by atoms with van der Waals surface area (Å²) in [6.07, 6.45) is 1.07. The second kappa shape index (κ2) is 3.91. The summed E-state index contributed by atoms with van der Waals surface area (Å²) in [4.78, 5) is 0. The van der Waals surface area contributed by atoms with Gasteiger partial charge in [-0.2, -0.15) is 0 Å². The van der Waals surface area contributed by atoms with Crippen LogP contribution in [0.4, 0.5) is 0 Å². The Morgan fingerprint density at radius 1 is 1.43 bits per heavy atom. The van der Waals surface area contributed by atoms with Gasteiger partial charge in [-0.3, -0.25) is 0 Å². The van der Waals surface area contributed by atoms with Crippen LogP contribution in [0, 0.1) is 0 Å². The summed E-state index contributed by atoms with van der Waals surface area (Å²) in [6, 6.07) is 4.23. The summed E-state index contributed by atoms with van der Waals surface area (Å²) in [5.41, 5.74) is 1.40. The van der Waals surface area contributed by atoms with Crippen molar-refractivity contribution in [2.75, 3.05) is 7.11 Å². The van der Waals surface area contributed by atoms with E-state index in [1.54, 1.807) is 18.4 Å². The fourth-order valence-electron chi connectivity index (χ4n) is 1.51. The summed E-state index contributed by atoms with van der Waals surface area (Å²) in [5, 5.41) is 3.54. The molecule has 1 aromatic carbocycles. The van der Waals surface area contributed by atoms with Gasteiger partial charge in [-0.15, -0.1) is 11.3 Å². The first-order chi connectivity index (χ1) is 6.76. The van der Waals surface area contributed by atoms with Crippen LogP contribution in [0.15, 0.2) is 22.0 Å². The van der Waals surface area contributed by atoms with Crippen molar-refractivity contribution in [2.24, 2.45) is 0 Å². The van der Waals surface area contributed by atoms with Gasteiger partial charge >= 0.3 is 0 Å². The number of aryl methyl sites for hydroxylation is 1. The van der Waals surface area contributed by atoms with E-state index in [-0.39, 0.29) is 0 Å². The van der Waals surface area contributed by atoms with Crippen molar-refractivity contribution < 1.29 is 4.74 Å². The zero-order valence-corrected chi connectivity index (χ0v) is 10.5. The van der Waals surface area contributed by atoms with E-state index in [1.807, 2.05) is 0 Å². The van der Waals surface area contributed by atoms with Crippen LogP contribution in [0.2, 0.25) is 0 Å². The summed E-state index contributed by atoms with van der Waals surface area (Å²) in [6.45, 7) is 2.18. The van der Waals surface area contributed by atoms with Gasteiger partial charge in [0.25, 0.3) is 0 Å². The molecule has 3 heteroatoms. The lowest BCUT2D eigenvalue weighted by molar-refractivity contribution is 0.413. The molecule has 2 rings (SSSR count). The SMILES string of the molecule is CCc1csc2cc(Br)c(OC)cc12. The van der Waals surface area contributed by atoms with Crippen molar-refractivity contribution in [3.63, 3.8) is 0 Å². The molecule has 0 aliphatic rings. The Labute approximate surface area is 95.8 Å². The number of thiophene rings is 1. The van der Waals surface area contributed by atoms with E-state index in [0.717, 1.165) is 16.6 Å². The van der Waals surface area contributed by atoms with Crippen molar-refractivity contribution in [1.82, 2.24) is 0 Å². The smallest absolute Gasteiger partial charge is 0.133 e. The average Bonchev–Trinajstić information content (AvgIpc) is 2.58. The van der Waals surface area contributed by atoms with E-state index >= 15 is 0 Å². The van der Waals surface area contributed by atoms with E-state index in [0.29, 0.717) is 0 Å². The maximum atomic E-state index is 5.28. The number of benzene rings is 1. The van der Waals surface area contributed by atoms with E-state index in [4.69, 9.17) is 4.74 Å². The number of fused-ring (bicyclic) bond motifs is 1. The molecular formula is C11H11BrOS. The highest BCUT2D eigenvalue weighted by Crippen LogP contribution is 2.35. The highest BCUT2D eigenvalue weighted by molar-refractivity contribution is 9.10. The molecule has 1 aromatic heterocycles. The number of ether oxygens (including phenoxy) is 1. The molecule has 14 heavy (non-hydrogen) atoms.